The Labute approximate surface area is 107 Å². The van der Waals surface area contributed by atoms with Crippen LogP contribution in [0.1, 0.15) is 69.2 Å². The lowest BCUT2D eigenvalue weighted by Crippen LogP contribution is -2.20. The first-order valence-electron chi connectivity index (χ1n) is 6.34. The zero-order chi connectivity index (χ0) is 11.7. The van der Waals surface area contributed by atoms with E-state index in [9.17, 15) is 0 Å². The number of nitrogens with zero attached hydrogens (tertiary/aromatic N) is 2. The molecule has 1 aliphatic heterocycles. The fourth-order valence-electron chi connectivity index (χ4n) is 2.74. The summed E-state index contributed by atoms with van der Waals surface area (Å²) in [5.74, 6) is 1.81. The van der Waals surface area contributed by atoms with E-state index >= 15 is 0 Å². The van der Waals surface area contributed by atoms with Gasteiger partial charge in [-0.3, -0.25) is 0 Å². The van der Waals surface area contributed by atoms with Gasteiger partial charge in [-0.15, -0.1) is 0 Å². The molecule has 0 bridgehead atoms. The maximum atomic E-state index is 4.82. The Hall–Kier alpha value is -0.310. The van der Waals surface area contributed by atoms with Crippen LogP contribution in [-0.2, 0) is 11.8 Å². The number of halogens is 1. The molecule has 1 aliphatic rings. The van der Waals surface area contributed by atoms with Crippen LogP contribution in [0.25, 0.3) is 0 Å². The van der Waals surface area contributed by atoms with Crippen LogP contribution >= 0.6 is 15.9 Å². The third-order valence-electron chi connectivity index (χ3n) is 3.55. The van der Waals surface area contributed by atoms with Crippen molar-refractivity contribution >= 4 is 15.9 Å². The third-order valence-corrected chi connectivity index (χ3v) is 4.08. The van der Waals surface area contributed by atoms with Crippen molar-refractivity contribution in [3.05, 3.63) is 17.2 Å². The van der Waals surface area contributed by atoms with Crippen molar-refractivity contribution in [3.8, 4) is 0 Å². The van der Waals surface area contributed by atoms with Gasteiger partial charge in [-0.25, -0.2) is 4.98 Å². The lowest BCUT2D eigenvalue weighted by atomic mass is 9.99. The second kappa shape index (κ2) is 4.91. The average Bonchev–Trinajstić information content (AvgIpc) is 2.67. The molecule has 0 fully saturated rings. The lowest BCUT2D eigenvalue weighted by molar-refractivity contribution is 0.375. The maximum Gasteiger partial charge on any atom is 0.112 e. The second-order valence-corrected chi connectivity index (χ2v) is 5.54. The average molecular weight is 285 g/mol. The number of fused-ring (bicyclic) bond motifs is 1. The predicted octanol–water partition coefficient (Wildman–Crippen LogP) is 4.19. The Morgan fingerprint density at radius 2 is 2.25 bits per heavy atom. The number of alkyl halides is 1. The number of aromatic nitrogens is 2. The molecule has 16 heavy (non-hydrogen) atoms. The van der Waals surface area contributed by atoms with Crippen LogP contribution in [0.5, 0.6) is 0 Å². The number of imidazole rings is 1. The molecular formula is C13H21BrN2. The van der Waals surface area contributed by atoms with E-state index in [1.165, 1.54) is 42.9 Å². The molecule has 0 saturated heterocycles. The zero-order valence-corrected chi connectivity index (χ0v) is 12.0. The molecule has 1 aromatic heterocycles. The smallest absolute Gasteiger partial charge is 0.112 e. The van der Waals surface area contributed by atoms with Crippen LogP contribution in [0.2, 0.25) is 0 Å². The third kappa shape index (κ3) is 1.94. The van der Waals surface area contributed by atoms with Gasteiger partial charge in [0, 0.05) is 23.0 Å². The molecule has 0 aliphatic carbocycles. The first-order chi connectivity index (χ1) is 7.69. The highest BCUT2D eigenvalue weighted by Gasteiger charge is 2.26. The Morgan fingerprint density at radius 1 is 1.50 bits per heavy atom. The fourth-order valence-corrected chi connectivity index (χ4v) is 3.19. The van der Waals surface area contributed by atoms with Gasteiger partial charge in [-0.05, 0) is 25.7 Å². The number of hydrogen-bond donors (Lipinski definition) is 0. The van der Waals surface area contributed by atoms with Gasteiger partial charge in [-0.2, -0.15) is 0 Å². The van der Waals surface area contributed by atoms with Crippen LogP contribution in [0, 0.1) is 0 Å². The van der Waals surface area contributed by atoms with E-state index in [4.69, 9.17) is 4.98 Å². The maximum absolute atomic E-state index is 4.82. The number of hydrogen-bond acceptors (Lipinski definition) is 1. The highest BCUT2D eigenvalue weighted by molar-refractivity contribution is 9.08. The minimum absolute atomic E-state index is 0.527. The summed E-state index contributed by atoms with van der Waals surface area (Å²) in [6.45, 7) is 6.78. The molecule has 1 aromatic rings. The molecule has 2 heterocycles. The van der Waals surface area contributed by atoms with Gasteiger partial charge in [0.05, 0.1) is 5.69 Å². The minimum Gasteiger partial charge on any atom is -0.328 e. The van der Waals surface area contributed by atoms with Gasteiger partial charge in [0.2, 0.25) is 0 Å². The molecule has 1 unspecified atom stereocenters. The molecule has 3 heteroatoms. The van der Waals surface area contributed by atoms with Crippen LogP contribution in [0.3, 0.4) is 0 Å². The van der Waals surface area contributed by atoms with E-state index in [0.29, 0.717) is 12.0 Å². The molecule has 0 radical (unpaired) electrons. The van der Waals surface area contributed by atoms with Crippen LogP contribution in [0.4, 0.5) is 0 Å². The monoisotopic (exact) mass is 284 g/mol. The quantitative estimate of drug-likeness (QED) is 0.761. The molecule has 0 amide bonds. The molecule has 0 saturated carbocycles. The van der Waals surface area contributed by atoms with E-state index in [0.717, 1.165) is 5.33 Å². The van der Waals surface area contributed by atoms with Crippen molar-refractivity contribution in [2.24, 2.45) is 0 Å². The topological polar surface area (TPSA) is 17.8 Å². The van der Waals surface area contributed by atoms with Crippen molar-refractivity contribution < 1.29 is 0 Å². The van der Waals surface area contributed by atoms with Gasteiger partial charge < -0.3 is 4.57 Å². The van der Waals surface area contributed by atoms with Crippen molar-refractivity contribution in [2.75, 3.05) is 0 Å². The summed E-state index contributed by atoms with van der Waals surface area (Å²) < 4.78 is 2.53. The molecule has 0 spiro atoms. The van der Waals surface area contributed by atoms with Crippen molar-refractivity contribution in [2.45, 2.75) is 63.7 Å². The zero-order valence-electron chi connectivity index (χ0n) is 10.5. The minimum atomic E-state index is 0.527. The summed E-state index contributed by atoms with van der Waals surface area (Å²) in [4.78, 5) is 4.82. The summed E-state index contributed by atoms with van der Waals surface area (Å²) >= 11 is 3.57. The Morgan fingerprint density at radius 3 is 2.81 bits per heavy atom. The van der Waals surface area contributed by atoms with E-state index in [1.54, 1.807) is 0 Å². The van der Waals surface area contributed by atoms with Gasteiger partial charge >= 0.3 is 0 Å². The Balaban J connectivity index is 2.51. The molecular weight excluding hydrogens is 264 g/mol. The first-order valence-corrected chi connectivity index (χ1v) is 7.47. The summed E-state index contributed by atoms with van der Waals surface area (Å²) in [6.07, 6.45) is 5.07. The summed E-state index contributed by atoms with van der Waals surface area (Å²) in [5.41, 5.74) is 2.75. The summed E-state index contributed by atoms with van der Waals surface area (Å²) in [7, 11) is 0. The second-order valence-electron chi connectivity index (χ2n) is 4.98. The normalized spacial score (nSPS) is 20.2. The summed E-state index contributed by atoms with van der Waals surface area (Å²) in [6, 6.07) is 0.682. The van der Waals surface area contributed by atoms with E-state index < -0.39 is 0 Å². The van der Waals surface area contributed by atoms with Gasteiger partial charge in [0.15, 0.2) is 0 Å². The largest absolute Gasteiger partial charge is 0.328 e. The Kier molecular flexibility index (Phi) is 3.73. The SMILES string of the molecule is CCC1CCCc2c(CBr)nc(C(C)C)n21. The van der Waals surface area contributed by atoms with Crippen LogP contribution < -0.4 is 0 Å². The Bertz CT molecular complexity index is 368. The predicted molar refractivity (Wildman–Crippen MR) is 71.2 cm³/mol. The molecule has 0 N–H and O–H groups in total. The van der Waals surface area contributed by atoms with E-state index in [1.807, 2.05) is 0 Å². The molecule has 2 rings (SSSR count). The fraction of sp³-hybridized carbons (Fsp3) is 0.769. The summed E-state index contributed by atoms with van der Waals surface area (Å²) in [5, 5.41) is 0.894. The van der Waals surface area contributed by atoms with Crippen LogP contribution in [0.15, 0.2) is 0 Å². The van der Waals surface area contributed by atoms with Crippen molar-refractivity contribution in [1.82, 2.24) is 9.55 Å². The highest BCUT2D eigenvalue weighted by atomic mass is 79.9. The molecule has 1 atom stereocenters. The van der Waals surface area contributed by atoms with Crippen LogP contribution in [-0.4, -0.2) is 9.55 Å². The van der Waals surface area contributed by atoms with Crippen molar-refractivity contribution in [3.63, 3.8) is 0 Å². The van der Waals surface area contributed by atoms with Crippen molar-refractivity contribution in [1.29, 1.82) is 0 Å². The molecule has 2 nitrogen and oxygen atoms in total. The first kappa shape index (κ1) is 12.2. The van der Waals surface area contributed by atoms with Gasteiger partial charge in [0.25, 0.3) is 0 Å². The van der Waals surface area contributed by atoms with E-state index in [2.05, 4.69) is 41.3 Å². The van der Waals surface area contributed by atoms with Gasteiger partial charge in [0.1, 0.15) is 5.82 Å². The standard InChI is InChI=1S/C13H21BrN2/c1-4-10-6-5-7-12-11(8-14)15-13(9(2)3)16(10)12/h9-10H,4-8H2,1-3H3. The lowest BCUT2D eigenvalue weighted by Gasteiger charge is -2.27. The highest BCUT2D eigenvalue weighted by Crippen LogP contribution is 2.34. The van der Waals surface area contributed by atoms with E-state index in [-0.39, 0.29) is 0 Å². The number of rotatable bonds is 3. The molecule has 0 aromatic carbocycles. The molecule has 90 valence electrons. The van der Waals surface area contributed by atoms with Gasteiger partial charge in [-0.1, -0.05) is 36.7 Å².